The molecule has 4 nitrogen and oxygen atoms in total. The van der Waals surface area contributed by atoms with Crippen LogP contribution in [0.3, 0.4) is 0 Å². The number of pyridine rings is 1. The fourth-order valence-electron chi connectivity index (χ4n) is 1.51. The number of rotatable bonds is 4. The minimum absolute atomic E-state index is 0. The van der Waals surface area contributed by atoms with Crippen LogP contribution in [0.15, 0.2) is 48.7 Å². The Hall–Kier alpha value is -2.36. The summed E-state index contributed by atoms with van der Waals surface area (Å²) in [5, 5.41) is 3.27. The topological polar surface area (TPSA) is 51.2 Å². The van der Waals surface area contributed by atoms with Gasteiger partial charge in [0.25, 0.3) is 0 Å². The van der Waals surface area contributed by atoms with Gasteiger partial charge in [0.2, 0.25) is 0 Å². The first-order chi connectivity index (χ1) is 8.79. The number of aromatic nitrogens is 1. The molecule has 2 rings (SSSR count). The molecule has 18 heavy (non-hydrogen) atoms. The second kappa shape index (κ2) is 5.82. The summed E-state index contributed by atoms with van der Waals surface area (Å²) in [5.41, 5.74) is 2.38. The van der Waals surface area contributed by atoms with E-state index in [-0.39, 0.29) is 1.43 Å². The summed E-state index contributed by atoms with van der Waals surface area (Å²) < 4.78 is 4.59. The maximum atomic E-state index is 11.2. The highest BCUT2D eigenvalue weighted by molar-refractivity contribution is 5.86. The van der Waals surface area contributed by atoms with Crippen LogP contribution >= 0.6 is 0 Å². The highest BCUT2D eigenvalue weighted by atomic mass is 16.5. The molecule has 0 unspecified atom stereocenters. The molecule has 0 fully saturated rings. The number of anilines is 1. The molecule has 0 aliphatic carbocycles. The average Bonchev–Trinajstić information content (AvgIpc) is 2.46. The van der Waals surface area contributed by atoms with E-state index in [1.807, 2.05) is 36.4 Å². The quantitative estimate of drug-likeness (QED) is 0.840. The normalized spacial score (nSPS) is 9.83. The van der Waals surface area contributed by atoms with E-state index < -0.39 is 5.97 Å². The van der Waals surface area contributed by atoms with Crippen molar-refractivity contribution in [3.8, 4) is 0 Å². The molecule has 0 saturated heterocycles. The van der Waals surface area contributed by atoms with Crippen molar-refractivity contribution in [2.24, 2.45) is 0 Å². The van der Waals surface area contributed by atoms with Gasteiger partial charge in [0, 0.05) is 19.9 Å². The van der Waals surface area contributed by atoms with Crippen molar-refractivity contribution in [2.45, 2.75) is 6.54 Å². The van der Waals surface area contributed by atoms with E-state index >= 15 is 0 Å². The third-order valence-corrected chi connectivity index (χ3v) is 2.49. The largest absolute Gasteiger partial charge is 0.464 e. The van der Waals surface area contributed by atoms with Crippen molar-refractivity contribution in [1.29, 1.82) is 0 Å². The zero-order valence-electron chi connectivity index (χ0n) is 10.1. The number of para-hydroxylation sites is 1. The summed E-state index contributed by atoms with van der Waals surface area (Å²) in [6.07, 6.45) is 1.67. The second-order valence-corrected chi connectivity index (χ2v) is 3.76. The van der Waals surface area contributed by atoms with Crippen molar-refractivity contribution >= 4 is 11.7 Å². The van der Waals surface area contributed by atoms with Crippen molar-refractivity contribution in [3.05, 3.63) is 59.9 Å². The Morgan fingerprint density at radius 1 is 1.28 bits per heavy atom. The minimum atomic E-state index is -0.419. The average molecular weight is 244 g/mol. The number of carbonyl (C=O) groups excluding carboxylic acids is 1. The van der Waals surface area contributed by atoms with E-state index in [2.05, 4.69) is 15.0 Å². The number of nitrogens with one attached hydrogen (secondary N) is 1. The number of carbonyl (C=O) groups is 1. The van der Waals surface area contributed by atoms with Gasteiger partial charge in [0.05, 0.1) is 7.11 Å². The Labute approximate surface area is 107 Å². The van der Waals surface area contributed by atoms with Gasteiger partial charge in [-0.05, 0) is 23.8 Å². The molecule has 0 aliphatic heterocycles. The first-order valence-electron chi connectivity index (χ1n) is 5.62. The molecular weight excluding hydrogens is 228 g/mol. The predicted octanol–water partition coefficient (Wildman–Crippen LogP) is 2.73. The van der Waals surface area contributed by atoms with E-state index in [0.29, 0.717) is 12.2 Å². The highest BCUT2D eigenvalue weighted by Crippen LogP contribution is 2.08. The Kier molecular flexibility index (Phi) is 3.91. The van der Waals surface area contributed by atoms with Crippen LogP contribution in [0.5, 0.6) is 0 Å². The molecule has 94 valence electrons. The minimum Gasteiger partial charge on any atom is -0.464 e. The molecule has 4 heteroatoms. The van der Waals surface area contributed by atoms with Gasteiger partial charge in [-0.3, -0.25) is 0 Å². The Morgan fingerprint density at radius 3 is 2.67 bits per heavy atom. The molecule has 0 aliphatic rings. The third kappa shape index (κ3) is 3.07. The van der Waals surface area contributed by atoms with E-state index in [9.17, 15) is 4.79 Å². The second-order valence-electron chi connectivity index (χ2n) is 3.76. The molecule has 0 bridgehead atoms. The zero-order chi connectivity index (χ0) is 12.8. The van der Waals surface area contributed by atoms with Crippen LogP contribution in [0.1, 0.15) is 17.5 Å². The molecule has 2 aromatic rings. The summed E-state index contributed by atoms with van der Waals surface area (Å²) in [6, 6.07) is 13.4. The lowest BCUT2D eigenvalue weighted by molar-refractivity contribution is 0.0594. The van der Waals surface area contributed by atoms with Crippen LogP contribution < -0.4 is 5.32 Å². The van der Waals surface area contributed by atoms with E-state index in [4.69, 9.17) is 0 Å². The van der Waals surface area contributed by atoms with Crippen molar-refractivity contribution < 1.29 is 11.0 Å². The van der Waals surface area contributed by atoms with Crippen molar-refractivity contribution in [2.75, 3.05) is 12.4 Å². The number of benzene rings is 1. The standard InChI is InChI=1S/C14H14N2O2.H2/c1-18-14(17)13-8-7-11(10-16-13)9-15-12-5-3-2-4-6-12;/h2-8,10,15H,9H2,1H3;1H. The van der Waals surface area contributed by atoms with Crippen LogP contribution in [-0.4, -0.2) is 18.1 Å². The van der Waals surface area contributed by atoms with Gasteiger partial charge in [-0.1, -0.05) is 24.3 Å². The Bertz CT molecular complexity index is 515. The van der Waals surface area contributed by atoms with Crippen LogP contribution in [-0.2, 0) is 11.3 Å². The van der Waals surface area contributed by atoms with Crippen molar-refractivity contribution in [3.63, 3.8) is 0 Å². The SMILES string of the molecule is COC(=O)c1ccc(CNc2ccccc2)cn1.[HH]. The molecule has 0 atom stereocenters. The van der Waals surface area contributed by atoms with Gasteiger partial charge in [0.1, 0.15) is 5.69 Å². The third-order valence-electron chi connectivity index (χ3n) is 2.49. The molecule has 0 amide bonds. The molecule has 1 aromatic carbocycles. The van der Waals surface area contributed by atoms with Gasteiger partial charge in [-0.15, -0.1) is 0 Å². The number of ether oxygens (including phenoxy) is 1. The fraction of sp³-hybridized carbons (Fsp3) is 0.143. The van der Waals surface area contributed by atoms with Crippen LogP contribution in [0.4, 0.5) is 5.69 Å². The molecule has 1 heterocycles. The van der Waals surface area contributed by atoms with Crippen molar-refractivity contribution in [1.82, 2.24) is 4.98 Å². The fourth-order valence-corrected chi connectivity index (χ4v) is 1.51. The zero-order valence-corrected chi connectivity index (χ0v) is 10.1. The molecular formula is C14H16N2O2. The van der Waals surface area contributed by atoms with Crippen LogP contribution in [0.25, 0.3) is 0 Å². The molecule has 0 spiro atoms. The number of hydrogen-bond donors (Lipinski definition) is 1. The predicted molar refractivity (Wildman–Crippen MR) is 71.5 cm³/mol. The molecule has 1 N–H and O–H groups in total. The van der Waals surface area contributed by atoms with Crippen LogP contribution in [0, 0.1) is 0 Å². The summed E-state index contributed by atoms with van der Waals surface area (Å²) >= 11 is 0. The number of nitrogens with zero attached hydrogens (tertiary/aromatic N) is 1. The smallest absolute Gasteiger partial charge is 0.356 e. The lowest BCUT2D eigenvalue weighted by atomic mass is 10.2. The molecule has 0 saturated carbocycles. The molecule has 1 aromatic heterocycles. The van der Waals surface area contributed by atoms with Gasteiger partial charge < -0.3 is 10.1 Å². The Balaban J connectivity index is 0.00000180. The monoisotopic (exact) mass is 244 g/mol. The highest BCUT2D eigenvalue weighted by Gasteiger charge is 2.05. The summed E-state index contributed by atoms with van der Waals surface area (Å²) in [5.74, 6) is -0.419. The number of methoxy groups -OCH3 is 1. The van der Waals surface area contributed by atoms with E-state index in [1.165, 1.54) is 7.11 Å². The lowest BCUT2D eigenvalue weighted by Gasteiger charge is -2.06. The summed E-state index contributed by atoms with van der Waals surface area (Å²) in [6.45, 7) is 0.665. The number of hydrogen-bond acceptors (Lipinski definition) is 4. The number of esters is 1. The lowest BCUT2D eigenvalue weighted by Crippen LogP contribution is -2.05. The molecule has 0 radical (unpaired) electrons. The first kappa shape index (κ1) is 12.1. The first-order valence-corrected chi connectivity index (χ1v) is 5.62. The Morgan fingerprint density at radius 2 is 2.06 bits per heavy atom. The van der Waals surface area contributed by atoms with Gasteiger partial charge >= 0.3 is 5.97 Å². The summed E-state index contributed by atoms with van der Waals surface area (Å²) in [4.78, 5) is 15.3. The maximum Gasteiger partial charge on any atom is 0.356 e. The van der Waals surface area contributed by atoms with E-state index in [0.717, 1.165) is 11.3 Å². The maximum absolute atomic E-state index is 11.2. The van der Waals surface area contributed by atoms with Gasteiger partial charge in [0.15, 0.2) is 0 Å². The summed E-state index contributed by atoms with van der Waals surface area (Å²) in [7, 11) is 1.34. The van der Waals surface area contributed by atoms with E-state index in [1.54, 1.807) is 12.3 Å². The van der Waals surface area contributed by atoms with Gasteiger partial charge in [-0.2, -0.15) is 0 Å². The van der Waals surface area contributed by atoms with Crippen LogP contribution in [0.2, 0.25) is 0 Å². The van der Waals surface area contributed by atoms with Gasteiger partial charge in [-0.25, -0.2) is 9.78 Å².